The number of ether oxygens (including phenoxy) is 1. The second-order valence-electron chi connectivity index (χ2n) is 8.68. The van der Waals surface area contributed by atoms with E-state index in [9.17, 15) is 14.4 Å². The Bertz CT molecular complexity index is 1310. The van der Waals surface area contributed by atoms with E-state index in [1.807, 2.05) is 67.5 Å². The lowest BCUT2D eigenvalue weighted by atomic mass is 10.1. The molecular formula is C30H31N3O4. The zero-order valence-electron chi connectivity index (χ0n) is 21.8. The third-order valence-electron chi connectivity index (χ3n) is 5.85. The summed E-state index contributed by atoms with van der Waals surface area (Å²) in [5.74, 6) is -0.944. The largest absolute Gasteiger partial charge is 0.465 e. The van der Waals surface area contributed by atoms with Gasteiger partial charge in [0.15, 0.2) is 11.6 Å². The molecule has 0 unspecified atom stereocenters. The fourth-order valence-electron chi connectivity index (χ4n) is 3.61. The summed E-state index contributed by atoms with van der Waals surface area (Å²) in [5, 5.41) is 0. The molecule has 0 amide bonds. The molecule has 0 fully saturated rings. The van der Waals surface area contributed by atoms with Gasteiger partial charge in [-0.2, -0.15) is 0 Å². The molecule has 0 saturated carbocycles. The normalized spacial score (nSPS) is 11.3. The number of carbonyl (C=O) groups excluding carboxylic acids is 3. The molecule has 0 atom stereocenters. The first-order chi connectivity index (χ1) is 17.7. The number of benzene rings is 3. The average Bonchev–Trinajstić information content (AvgIpc) is 2.90. The molecule has 0 aliphatic rings. The molecule has 190 valence electrons. The Labute approximate surface area is 217 Å². The molecule has 37 heavy (non-hydrogen) atoms. The number of methoxy groups -OCH3 is 1. The lowest BCUT2D eigenvalue weighted by molar-refractivity contribution is -0.137. The Morgan fingerprint density at radius 2 is 1.43 bits per heavy atom. The van der Waals surface area contributed by atoms with E-state index in [-0.39, 0.29) is 17.1 Å². The van der Waals surface area contributed by atoms with Crippen molar-refractivity contribution in [1.82, 2.24) is 0 Å². The number of Topliss-reactive ketones (excluding diaryl/α,β-unsaturated/α-hetero) is 2. The lowest BCUT2D eigenvalue weighted by Gasteiger charge is -2.20. The molecule has 0 N–H and O–H groups in total. The molecule has 7 nitrogen and oxygen atoms in total. The Morgan fingerprint density at radius 1 is 0.838 bits per heavy atom. The summed E-state index contributed by atoms with van der Waals surface area (Å²) in [5.41, 5.74) is 5.36. The maximum atomic E-state index is 11.8. The fourth-order valence-corrected chi connectivity index (χ4v) is 3.61. The van der Waals surface area contributed by atoms with Crippen LogP contribution in [0.3, 0.4) is 0 Å². The average molecular weight is 498 g/mol. The van der Waals surface area contributed by atoms with Gasteiger partial charge < -0.3 is 14.5 Å². The third kappa shape index (κ3) is 7.48. The number of carbonyl (C=O) groups is 3. The Morgan fingerprint density at radius 3 is 1.97 bits per heavy atom. The lowest BCUT2D eigenvalue weighted by Crippen LogP contribution is -2.17. The van der Waals surface area contributed by atoms with Crippen molar-refractivity contribution in [3.05, 3.63) is 95.1 Å². The van der Waals surface area contributed by atoms with Gasteiger partial charge in [0.05, 0.1) is 19.1 Å². The first kappa shape index (κ1) is 27.1. The van der Waals surface area contributed by atoms with E-state index >= 15 is 0 Å². The summed E-state index contributed by atoms with van der Waals surface area (Å²) in [6, 6.07) is 23.0. The first-order valence-electron chi connectivity index (χ1n) is 11.8. The van der Waals surface area contributed by atoms with Gasteiger partial charge >= 0.3 is 5.97 Å². The fraction of sp³-hybridized carbons (Fsp3) is 0.200. The summed E-state index contributed by atoms with van der Waals surface area (Å²) >= 11 is 0. The number of ketones is 2. The van der Waals surface area contributed by atoms with Crippen molar-refractivity contribution < 1.29 is 19.1 Å². The predicted octanol–water partition coefficient (Wildman–Crippen LogP) is 5.47. The number of esters is 1. The molecule has 0 aliphatic heterocycles. The summed E-state index contributed by atoms with van der Waals surface area (Å²) in [7, 11) is 5.19. The van der Waals surface area contributed by atoms with Crippen LogP contribution in [0, 0.1) is 0 Å². The van der Waals surface area contributed by atoms with Crippen molar-refractivity contribution in [2.45, 2.75) is 20.4 Å². The summed E-state index contributed by atoms with van der Waals surface area (Å²) in [6.45, 7) is 3.59. The van der Waals surface area contributed by atoms with Crippen LogP contribution >= 0.6 is 0 Å². The molecule has 0 radical (unpaired) electrons. The summed E-state index contributed by atoms with van der Waals surface area (Å²) in [4.78, 5) is 43.5. The highest BCUT2D eigenvalue weighted by molar-refractivity contribution is 6.19. The second-order valence-corrected chi connectivity index (χ2v) is 8.68. The number of hydrogen-bond acceptors (Lipinski definition) is 6. The first-order valence-corrected chi connectivity index (χ1v) is 11.8. The standard InChI is InChI=1S/C30H31N3O4/c1-21(34)25-10-12-26(13-11-25)31-20-33(4)28-16-8-24(9-17-28)19-32(3)27-14-6-23(7-15-27)18-29(22(2)35)30(36)37-5/h6-18,20H,19H2,1-5H3/b29-18+,31-20?. The van der Waals surface area contributed by atoms with Crippen LogP contribution < -0.4 is 9.80 Å². The van der Waals surface area contributed by atoms with Gasteiger partial charge in [0.1, 0.15) is 5.57 Å². The van der Waals surface area contributed by atoms with Gasteiger partial charge in [0.25, 0.3) is 0 Å². The van der Waals surface area contributed by atoms with Crippen molar-refractivity contribution in [3.63, 3.8) is 0 Å². The third-order valence-corrected chi connectivity index (χ3v) is 5.85. The molecule has 0 heterocycles. The van der Waals surface area contributed by atoms with E-state index in [0.29, 0.717) is 12.1 Å². The van der Waals surface area contributed by atoms with Crippen LogP contribution in [0.4, 0.5) is 17.1 Å². The van der Waals surface area contributed by atoms with Gasteiger partial charge in [-0.25, -0.2) is 9.79 Å². The van der Waals surface area contributed by atoms with Crippen molar-refractivity contribution in [2.75, 3.05) is 31.0 Å². The number of nitrogens with zero attached hydrogens (tertiary/aromatic N) is 3. The molecule has 3 aromatic carbocycles. The highest BCUT2D eigenvalue weighted by Crippen LogP contribution is 2.20. The summed E-state index contributed by atoms with van der Waals surface area (Å²) in [6.07, 6.45) is 3.29. The quantitative estimate of drug-likeness (QED) is 0.0703. The molecule has 0 aliphatic carbocycles. The van der Waals surface area contributed by atoms with Crippen LogP contribution in [-0.2, 0) is 20.9 Å². The molecule has 0 saturated heterocycles. The highest BCUT2D eigenvalue weighted by Gasteiger charge is 2.14. The zero-order valence-corrected chi connectivity index (χ0v) is 21.8. The maximum absolute atomic E-state index is 11.8. The van der Waals surface area contributed by atoms with Crippen molar-refractivity contribution in [1.29, 1.82) is 0 Å². The van der Waals surface area contributed by atoms with Gasteiger partial charge in [-0.3, -0.25) is 9.59 Å². The number of anilines is 2. The molecule has 7 heteroatoms. The smallest absolute Gasteiger partial charge is 0.341 e. The van der Waals surface area contributed by atoms with Gasteiger partial charge in [-0.1, -0.05) is 24.3 Å². The van der Waals surface area contributed by atoms with Crippen molar-refractivity contribution >= 4 is 47.0 Å². The van der Waals surface area contributed by atoms with Crippen LogP contribution in [0.15, 0.2) is 83.4 Å². The van der Waals surface area contributed by atoms with Crippen LogP contribution in [0.25, 0.3) is 6.08 Å². The number of hydrogen-bond donors (Lipinski definition) is 0. The van der Waals surface area contributed by atoms with E-state index in [1.165, 1.54) is 20.1 Å². The number of rotatable bonds is 10. The van der Waals surface area contributed by atoms with Gasteiger partial charge in [0.2, 0.25) is 0 Å². The molecule has 3 aromatic rings. The van der Waals surface area contributed by atoms with Gasteiger partial charge in [-0.05, 0) is 79.6 Å². The molecule has 0 aromatic heterocycles. The van der Waals surface area contributed by atoms with Crippen LogP contribution in [0.1, 0.15) is 35.3 Å². The molecular weight excluding hydrogens is 466 g/mol. The predicted molar refractivity (Wildman–Crippen MR) is 149 cm³/mol. The SMILES string of the molecule is COC(=O)/C(=C/c1ccc(N(C)Cc2ccc(N(C)C=Nc3ccc(C(C)=O)cc3)cc2)cc1)C(C)=O. The number of aliphatic imine (C=N–C) groups is 1. The highest BCUT2D eigenvalue weighted by atomic mass is 16.5. The van der Waals surface area contributed by atoms with Crippen molar-refractivity contribution in [2.24, 2.45) is 4.99 Å². The van der Waals surface area contributed by atoms with Gasteiger partial charge in [-0.15, -0.1) is 0 Å². The molecule has 3 rings (SSSR count). The van der Waals surface area contributed by atoms with E-state index in [1.54, 1.807) is 25.4 Å². The Hall–Kier alpha value is -4.52. The van der Waals surface area contributed by atoms with Crippen molar-refractivity contribution in [3.8, 4) is 0 Å². The minimum Gasteiger partial charge on any atom is -0.465 e. The second kappa shape index (κ2) is 12.4. The van der Waals surface area contributed by atoms with E-state index in [2.05, 4.69) is 26.8 Å². The minimum atomic E-state index is -0.641. The topological polar surface area (TPSA) is 79.3 Å². The monoisotopic (exact) mass is 497 g/mol. The van der Waals surface area contributed by atoms with E-state index in [0.717, 1.165) is 28.2 Å². The van der Waals surface area contributed by atoms with E-state index < -0.39 is 5.97 Å². The summed E-state index contributed by atoms with van der Waals surface area (Å²) < 4.78 is 4.69. The van der Waals surface area contributed by atoms with Crippen LogP contribution in [-0.4, -0.2) is 45.1 Å². The molecule has 0 bridgehead atoms. The van der Waals surface area contributed by atoms with Gasteiger partial charge in [0, 0.05) is 37.6 Å². The van der Waals surface area contributed by atoms with Crippen LogP contribution in [0.2, 0.25) is 0 Å². The molecule has 0 spiro atoms. The Balaban J connectivity index is 1.61. The van der Waals surface area contributed by atoms with Crippen LogP contribution in [0.5, 0.6) is 0 Å². The minimum absolute atomic E-state index is 0.0181. The van der Waals surface area contributed by atoms with E-state index in [4.69, 9.17) is 0 Å². The Kier molecular flexibility index (Phi) is 9.11. The maximum Gasteiger partial charge on any atom is 0.341 e. The zero-order chi connectivity index (χ0) is 26.9.